The molecule has 0 amide bonds. The van der Waals surface area contributed by atoms with E-state index in [2.05, 4.69) is 39.5 Å². The zero-order chi connectivity index (χ0) is 11.5. The Balaban J connectivity index is 2.48. The Morgan fingerprint density at radius 1 is 1.44 bits per heavy atom. The SMILES string of the molecule is CCCc1nc(-c2cccs2)nc(Cl)c1I. The van der Waals surface area contributed by atoms with Crippen molar-refractivity contribution in [3.05, 3.63) is 31.9 Å². The van der Waals surface area contributed by atoms with Crippen LogP contribution in [0.1, 0.15) is 19.0 Å². The quantitative estimate of drug-likeness (QED) is 0.595. The summed E-state index contributed by atoms with van der Waals surface area (Å²) in [6.45, 7) is 2.14. The van der Waals surface area contributed by atoms with E-state index < -0.39 is 0 Å². The van der Waals surface area contributed by atoms with Gasteiger partial charge in [0.15, 0.2) is 5.82 Å². The first-order valence-corrected chi connectivity index (χ1v) is 7.31. The van der Waals surface area contributed by atoms with E-state index in [0.29, 0.717) is 5.15 Å². The highest BCUT2D eigenvalue weighted by Crippen LogP contribution is 2.27. The zero-order valence-corrected chi connectivity index (χ0v) is 12.4. The molecule has 5 heteroatoms. The number of hydrogen-bond acceptors (Lipinski definition) is 3. The predicted octanol–water partition coefficient (Wildman–Crippen LogP) is 4.42. The fraction of sp³-hybridized carbons (Fsp3) is 0.273. The number of aromatic nitrogens is 2. The van der Waals surface area contributed by atoms with Gasteiger partial charge < -0.3 is 0 Å². The number of nitrogens with zero attached hydrogens (tertiary/aromatic N) is 2. The molecule has 0 spiro atoms. The van der Waals surface area contributed by atoms with Gasteiger partial charge in [-0.05, 0) is 40.5 Å². The summed E-state index contributed by atoms with van der Waals surface area (Å²) in [5.41, 5.74) is 1.05. The van der Waals surface area contributed by atoms with Crippen molar-refractivity contribution in [1.82, 2.24) is 9.97 Å². The Hall–Kier alpha value is -0.200. The molecule has 2 aromatic heterocycles. The molecule has 0 bridgehead atoms. The molecule has 0 aliphatic rings. The van der Waals surface area contributed by atoms with Gasteiger partial charge in [-0.25, -0.2) is 9.97 Å². The first-order valence-electron chi connectivity index (χ1n) is 4.98. The second kappa shape index (κ2) is 5.42. The molecular formula is C11H10ClIN2S. The summed E-state index contributed by atoms with van der Waals surface area (Å²) in [6, 6.07) is 4.01. The van der Waals surface area contributed by atoms with E-state index in [9.17, 15) is 0 Å². The van der Waals surface area contributed by atoms with E-state index in [1.165, 1.54) is 0 Å². The van der Waals surface area contributed by atoms with E-state index in [-0.39, 0.29) is 0 Å². The van der Waals surface area contributed by atoms with Crippen LogP contribution in [-0.2, 0) is 6.42 Å². The molecule has 0 radical (unpaired) electrons. The maximum atomic E-state index is 6.12. The lowest BCUT2D eigenvalue weighted by Gasteiger charge is -2.06. The van der Waals surface area contributed by atoms with Crippen LogP contribution in [0.5, 0.6) is 0 Å². The van der Waals surface area contributed by atoms with Crippen LogP contribution in [0, 0.1) is 3.57 Å². The minimum Gasteiger partial charge on any atom is -0.231 e. The standard InChI is InChI=1S/C11H10ClIN2S/c1-2-4-7-9(13)10(12)15-11(14-7)8-5-3-6-16-8/h3,5-6H,2,4H2,1H3. The Bertz CT molecular complexity index is 485. The first-order chi connectivity index (χ1) is 7.72. The highest BCUT2D eigenvalue weighted by molar-refractivity contribution is 14.1. The second-order valence-corrected chi connectivity index (χ2v) is 5.71. The fourth-order valence-electron chi connectivity index (χ4n) is 1.38. The van der Waals surface area contributed by atoms with Gasteiger partial charge in [-0.15, -0.1) is 11.3 Å². The minimum absolute atomic E-state index is 0.558. The molecular weight excluding hydrogens is 355 g/mol. The molecule has 0 fully saturated rings. The van der Waals surface area contributed by atoms with Gasteiger partial charge in [-0.2, -0.15) is 0 Å². The van der Waals surface area contributed by atoms with Crippen LogP contribution in [0.25, 0.3) is 10.7 Å². The van der Waals surface area contributed by atoms with Gasteiger partial charge in [0.25, 0.3) is 0 Å². The topological polar surface area (TPSA) is 25.8 Å². The maximum absolute atomic E-state index is 6.12. The first kappa shape index (κ1) is 12.3. The molecule has 0 unspecified atom stereocenters. The summed E-state index contributed by atoms with van der Waals surface area (Å²) in [5.74, 6) is 0.740. The Kier molecular flexibility index (Phi) is 4.16. The van der Waals surface area contributed by atoms with Crippen LogP contribution < -0.4 is 0 Å². The zero-order valence-electron chi connectivity index (χ0n) is 8.70. The fourth-order valence-corrected chi connectivity index (χ4v) is 2.74. The van der Waals surface area contributed by atoms with Crippen molar-refractivity contribution in [3.63, 3.8) is 0 Å². The van der Waals surface area contributed by atoms with Crippen molar-refractivity contribution in [2.75, 3.05) is 0 Å². The normalized spacial score (nSPS) is 10.7. The molecule has 0 saturated heterocycles. The Morgan fingerprint density at radius 3 is 2.88 bits per heavy atom. The highest BCUT2D eigenvalue weighted by atomic mass is 127. The van der Waals surface area contributed by atoms with Gasteiger partial charge in [-0.3, -0.25) is 0 Å². The summed E-state index contributed by atoms with van der Waals surface area (Å²) < 4.78 is 0.974. The predicted molar refractivity (Wildman–Crippen MR) is 77.1 cm³/mol. The van der Waals surface area contributed by atoms with Crippen LogP contribution >= 0.6 is 45.5 Å². The monoisotopic (exact) mass is 364 g/mol. The van der Waals surface area contributed by atoms with Gasteiger partial charge in [0.2, 0.25) is 0 Å². The van der Waals surface area contributed by atoms with Gasteiger partial charge in [-0.1, -0.05) is 31.0 Å². The molecule has 2 heterocycles. The summed E-state index contributed by atoms with van der Waals surface area (Å²) in [6.07, 6.45) is 2.01. The second-order valence-electron chi connectivity index (χ2n) is 3.33. The molecule has 2 aromatic rings. The molecule has 2 nitrogen and oxygen atoms in total. The Labute approximate surface area is 117 Å². The largest absolute Gasteiger partial charge is 0.231 e. The number of thiophene rings is 1. The van der Waals surface area contributed by atoms with Crippen molar-refractivity contribution >= 4 is 45.5 Å². The van der Waals surface area contributed by atoms with Crippen LogP contribution in [0.15, 0.2) is 17.5 Å². The molecule has 16 heavy (non-hydrogen) atoms. The van der Waals surface area contributed by atoms with Crippen molar-refractivity contribution < 1.29 is 0 Å². The number of aryl methyl sites for hydroxylation is 1. The lowest BCUT2D eigenvalue weighted by Crippen LogP contribution is -1.99. The van der Waals surface area contributed by atoms with Crippen molar-refractivity contribution in [2.45, 2.75) is 19.8 Å². The van der Waals surface area contributed by atoms with Crippen LogP contribution in [0.4, 0.5) is 0 Å². The van der Waals surface area contributed by atoms with Crippen LogP contribution in [-0.4, -0.2) is 9.97 Å². The highest BCUT2D eigenvalue weighted by Gasteiger charge is 2.11. The summed E-state index contributed by atoms with van der Waals surface area (Å²) in [7, 11) is 0. The molecule has 0 aliphatic carbocycles. The summed E-state index contributed by atoms with van der Waals surface area (Å²) in [5, 5.41) is 2.58. The van der Waals surface area contributed by atoms with E-state index >= 15 is 0 Å². The van der Waals surface area contributed by atoms with Crippen molar-refractivity contribution in [3.8, 4) is 10.7 Å². The van der Waals surface area contributed by atoms with Crippen LogP contribution in [0.2, 0.25) is 5.15 Å². The number of rotatable bonds is 3. The number of hydrogen-bond donors (Lipinski definition) is 0. The average molecular weight is 365 g/mol. The molecule has 2 rings (SSSR count). The third kappa shape index (κ3) is 2.55. The lowest BCUT2D eigenvalue weighted by atomic mass is 10.2. The molecule has 0 saturated carbocycles. The van der Waals surface area contributed by atoms with E-state index in [1.807, 2.05) is 17.5 Å². The van der Waals surface area contributed by atoms with Crippen molar-refractivity contribution in [1.29, 1.82) is 0 Å². The van der Waals surface area contributed by atoms with Gasteiger partial charge in [0.05, 0.1) is 14.1 Å². The summed E-state index contributed by atoms with van der Waals surface area (Å²) >= 11 is 9.96. The van der Waals surface area contributed by atoms with E-state index in [1.54, 1.807) is 11.3 Å². The van der Waals surface area contributed by atoms with Gasteiger partial charge >= 0.3 is 0 Å². The number of halogens is 2. The molecule has 0 aromatic carbocycles. The van der Waals surface area contributed by atoms with E-state index in [0.717, 1.165) is 32.8 Å². The van der Waals surface area contributed by atoms with Gasteiger partial charge in [0.1, 0.15) is 5.15 Å². The third-order valence-electron chi connectivity index (χ3n) is 2.11. The van der Waals surface area contributed by atoms with Crippen LogP contribution in [0.3, 0.4) is 0 Å². The minimum atomic E-state index is 0.558. The van der Waals surface area contributed by atoms with Crippen molar-refractivity contribution in [2.24, 2.45) is 0 Å². The molecule has 0 aliphatic heterocycles. The smallest absolute Gasteiger partial charge is 0.171 e. The van der Waals surface area contributed by atoms with E-state index in [4.69, 9.17) is 11.6 Å². The third-order valence-corrected chi connectivity index (χ3v) is 4.70. The average Bonchev–Trinajstić information content (AvgIpc) is 2.78. The lowest BCUT2D eigenvalue weighted by molar-refractivity contribution is 0.868. The van der Waals surface area contributed by atoms with Gasteiger partial charge in [0, 0.05) is 0 Å². The molecule has 0 atom stereocenters. The molecule has 0 N–H and O–H groups in total. The summed E-state index contributed by atoms with van der Waals surface area (Å²) in [4.78, 5) is 9.95. The maximum Gasteiger partial charge on any atom is 0.171 e. The Morgan fingerprint density at radius 2 is 2.25 bits per heavy atom. The molecule has 84 valence electrons.